The zero-order chi connectivity index (χ0) is 11.5. The van der Waals surface area contributed by atoms with Crippen LogP contribution >= 0.6 is 0 Å². The second-order valence-corrected chi connectivity index (χ2v) is 3.01. The van der Waals surface area contributed by atoms with Crippen molar-refractivity contribution in [2.45, 2.75) is 25.2 Å². The molecule has 0 bridgehead atoms. The molecule has 0 aliphatic carbocycles. The van der Waals surface area contributed by atoms with E-state index in [0.717, 1.165) is 4.90 Å². The summed E-state index contributed by atoms with van der Waals surface area (Å²) in [6.45, 7) is 0.488. The van der Waals surface area contributed by atoms with Crippen LogP contribution in [0.25, 0.3) is 0 Å². The van der Waals surface area contributed by atoms with Gasteiger partial charge in [0.15, 0.2) is 6.10 Å². The van der Waals surface area contributed by atoms with Crippen molar-refractivity contribution in [2.75, 3.05) is 13.6 Å². The van der Waals surface area contributed by atoms with Crippen LogP contribution in [0.5, 0.6) is 0 Å². The van der Waals surface area contributed by atoms with Gasteiger partial charge in [-0.05, 0) is 14.0 Å². The molecule has 0 aromatic rings. The zero-order valence-electron chi connectivity index (χ0n) is 7.75. The molecule has 7 heteroatoms. The SMILES string of the molecule is CC(C(=O)O)N(C)CC(O)C(F)(F)F. The van der Waals surface area contributed by atoms with Crippen LogP contribution in [0, 0.1) is 0 Å². The molecule has 4 nitrogen and oxygen atoms in total. The fourth-order valence-electron chi connectivity index (χ4n) is 0.723. The van der Waals surface area contributed by atoms with Crippen LogP contribution in [0.1, 0.15) is 6.92 Å². The highest BCUT2D eigenvalue weighted by Gasteiger charge is 2.39. The Bertz CT molecular complexity index is 207. The average molecular weight is 215 g/mol. The molecule has 0 aromatic heterocycles. The van der Waals surface area contributed by atoms with Crippen LogP contribution in [-0.2, 0) is 4.79 Å². The summed E-state index contributed by atoms with van der Waals surface area (Å²) >= 11 is 0. The van der Waals surface area contributed by atoms with Gasteiger partial charge in [0.1, 0.15) is 6.04 Å². The Morgan fingerprint density at radius 3 is 2.21 bits per heavy atom. The summed E-state index contributed by atoms with van der Waals surface area (Å²) in [6, 6.07) is -1.06. The number of aliphatic hydroxyl groups excluding tert-OH is 1. The Morgan fingerprint density at radius 2 is 1.93 bits per heavy atom. The smallest absolute Gasteiger partial charge is 0.415 e. The minimum absolute atomic E-state index is 0.753. The minimum Gasteiger partial charge on any atom is -0.480 e. The molecule has 14 heavy (non-hydrogen) atoms. The first-order chi connectivity index (χ1) is 6.16. The normalized spacial score (nSPS) is 16.8. The molecule has 0 aromatic carbocycles. The van der Waals surface area contributed by atoms with E-state index in [1.165, 1.54) is 14.0 Å². The third-order valence-electron chi connectivity index (χ3n) is 1.86. The van der Waals surface area contributed by atoms with Gasteiger partial charge in [-0.15, -0.1) is 0 Å². The highest BCUT2D eigenvalue weighted by molar-refractivity contribution is 5.72. The summed E-state index contributed by atoms with van der Waals surface area (Å²) in [4.78, 5) is 11.3. The predicted octanol–water partition coefficient (Wildman–Crippen LogP) is 0.314. The highest BCUT2D eigenvalue weighted by Crippen LogP contribution is 2.20. The number of carbonyl (C=O) groups is 1. The van der Waals surface area contributed by atoms with Gasteiger partial charge in [-0.2, -0.15) is 13.2 Å². The van der Waals surface area contributed by atoms with Crippen molar-refractivity contribution in [1.82, 2.24) is 4.90 Å². The van der Waals surface area contributed by atoms with Crippen LogP contribution in [0.15, 0.2) is 0 Å². The monoisotopic (exact) mass is 215 g/mol. The molecule has 0 radical (unpaired) electrons. The summed E-state index contributed by atoms with van der Waals surface area (Å²) in [5, 5.41) is 17.1. The molecule has 84 valence electrons. The van der Waals surface area contributed by atoms with E-state index in [-0.39, 0.29) is 0 Å². The van der Waals surface area contributed by atoms with Crippen molar-refractivity contribution in [2.24, 2.45) is 0 Å². The van der Waals surface area contributed by atoms with Crippen LogP contribution in [0.4, 0.5) is 13.2 Å². The van der Waals surface area contributed by atoms with E-state index < -0.39 is 30.8 Å². The van der Waals surface area contributed by atoms with Crippen molar-refractivity contribution in [3.8, 4) is 0 Å². The highest BCUT2D eigenvalue weighted by atomic mass is 19.4. The Labute approximate surface area is 78.9 Å². The summed E-state index contributed by atoms with van der Waals surface area (Å²) in [5.41, 5.74) is 0. The maximum Gasteiger partial charge on any atom is 0.415 e. The number of hydrogen-bond donors (Lipinski definition) is 2. The van der Waals surface area contributed by atoms with Crippen molar-refractivity contribution >= 4 is 5.97 Å². The number of nitrogens with zero attached hydrogens (tertiary/aromatic N) is 1. The molecule has 0 heterocycles. The lowest BCUT2D eigenvalue weighted by molar-refractivity contribution is -0.209. The Balaban J connectivity index is 4.19. The van der Waals surface area contributed by atoms with E-state index in [4.69, 9.17) is 10.2 Å². The van der Waals surface area contributed by atoms with Crippen LogP contribution < -0.4 is 0 Å². The van der Waals surface area contributed by atoms with E-state index in [0.29, 0.717) is 0 Å². The number of carboxylic acids is 1. The van der Waals surface area contributed by atoms with Gasteiger partial charge in [0, 0.05) is 6.54 Å². The Kier molecular flexibility index (Phi) is 4.34. The molecular weight excluding hydrogens is 203 g/mol. The molecule has 0 rings (SSSR count). The number of aliphatic carboxylic acids is 1. The van der Waals surface area contributed by atoms with Gasteiger partial charge >= 0.3 is 12.1 Å². The first-order valence-electron chi connectivity index (χ1n) is 3.84. The molecular formula is C7H12F3NO3. The van der Waals surface area contributed by atoms with Crippen molar-refractivity contribution in [3.63, 3.8) is 0 Å². The maximum absolute atomic E-state index is 11.8. The van der Waals surface area contributed by atoms with E-state index in [2.05, 4.69) is 0 Å². The molecule has 0 saturated carbocycles. The third kappa shape index (κ3) is 3.93. The molecule has 0 aliphatic rings. The standard InChI is InChI=1S/C7H12F3NO3/c1-4(6(13)14)11(2)3-5(12)7(8,9)10/h4-5,12H,3H2,1-2H3,(H,13,14). The summed E-state index contributed by atoms with van der Waals surface area (Å²) in [6.07, 6.45) is -7.23. The van der Waals surface area contributed by atoms with Gasteiger partial charge in [-0.3, -0.25) is 9.69 Å². The maximum atomic E-state index is 11.8. The lowest BCUT2D eigenvalue weighted by Gasteiger charge is -2.24. The molecule has 2 N–H and O–H groups in total. The first kappa shape index (κ1) is 13.2. The minimum atomic E-state index is -4.72. The number of carboxylic acid groups (broad SMARTS) is 1. The van der Waals surface area contributed by atoms with Gasteiger partial charge in [0.25, 0.3) is 0 Å². The number of likely N-dealkylation sites (N-methyl/N-ethyl adjacent to an activating group) is 1. The van der Waals surface area contributed by atoms with Gasteiger partial charge in [-0.1, -0.05) is 0 Å². The lowest BCUT2D eigenvalue weighted by Crippen LogP contribution is -2.45. The molecule has 2 unspecified atom stereocenters. The van der Waals surface area contributed by atoms with Crippen LogP contribution in [0.3, 0.4) is 0 Å². The van der Waals surface area contributed by atoms with E-state index in [1.54, 1.807) is 0 Å². The number of rotatable bonds is 4. The van der Waals surface area contributed by atoms with Gasteiger partial charge in [-0.25, -0.2) is 0 Å². The summed E-state index contributed by atoms with van der Waals surface area (Å²) in [7, 11) is 1.20. The number of halogens is 3. The first-order valence-corrected chi connectivity index (χ1v) is 3.84. The lowest BCUT2D eigenvalue weighted by atomic mass is 10.2. The van der Waals surface area contributed by atoms with E-state index in [9.17, 15) is 18.0 Å². The van der Waals surface area contributed by atoms with E-state index >= 15 is 0 Å². The topological polar surface area (TPSA) is 60.8 Å². The van der Waals surface area contributed by atoms with Crippen molar-refractivity contribution < 1.29 is 28.2 Å². The second-order valence-electron chi connectivity index (χ2n) is 3.01. The third-order valence-corrected chi connectivity index (χ3v) is 1.86. The Hall–Kier alpha value is -0.820. The quantitative estimate of drug-likeness (QED) is 0.708. The average Bonchev–Trinajstić information content (AvgIpc) is 2.00. The summed E-state index contributed by atoms with van der Waals surface area (Å²) < 4.78 is 35.5. The molecule has 0 spiro atoms. The largest absolute Gasteiger partial charge is 0.480 e. The fraction of sp³-hybridized carbons (Fsp3) is 0.857. The fourth-order valence-corrected chi connectivity index (χ4v) is 0.723. The molecule has 0 amide bonds. The van der Waals surface area contributed by atoms with Crippen LogP contribution in [-0.4, -0.2) is 53.0 Å². The molecule has 0 saturated heterocycles. The van der Waals surface area contributed by atoms with Gasteiger partial charge in [0.2, 0.25) is 0 Å². The van der Waals surface area contributed by atoms with Gasteiger partial charge < -0.3 is 10.2 Å². The molecule has 2 atom stereocenters. The van der Waals surface area contributed by atoms with Gasteiger partial charge in [0.05, 0.1) is 0 Å². The molecule has 0 aliphatic heterocycles. The predicted molar refractivity (Wildman–Crippen MR) is 41.8 cm³/mol. The van der Waals surface area contributed by atoms with Crippen molar-refractivity contribution in [3.05, 3.63) is 0 Å². The molecule has 0 fully saturated rings. The van der Waals surface area contributed by atoms with Crippen LogP contribution in [0.2, 0.25) is 0 Å². The number of alkyl halides is 3. The van der Waals surface area contributed by atoms with Crippen molar-refractivity contribution in [1.29, 1.82) is 0 Å². The Morgan fingerprint density at radius 1 is 1.50 bits per heavy atom. The number of aliphatic hydroxyl groups is 1. The summed E-state index contributed by atoms with van der Waals surface area (Å²) in [5.74, 6) is -1.23. The second kappa shape index (κ2) is 4.61. The van der Waals surface area contributed by atoms with E-state index in [1.807, 2.05) is 0 Å². The number of hydrogen-bond acceptors (Lipinski definition) is 3. The zero-order valence-corrected chi connectivity index (χ0v) is 7.75.